The van der Waals surface area contributed by atoms with Gasteiger partial charge < -0.3 is 5.32 Å². The number of benzene rings is 1. The maximum Gasteiger partial charge on any atom is 0.123 e. The molecule has 2 atom stereocenters. The van der Waals surface area contributed by atoms with Crippen LogP contribution >= 0.6 is 0 Å². The second-order valence-corrected chi connectivity index (χ2v) is 5.76. The second-order valence-electron chi connectivity index (χ2n) is 5.76. The zero-order valence-electron chi connectivity index (χ0n) is 10.9. The fourth-order valence-electron chi connectivity index (χ4n) is 2.85. The number of nitrogens with one attached hydrogen (secondary N) is 1. The number of nitrogens with zero attached hydrogens (tertiary/aromatic N) is 1. The summed E-state index contributed by atoms with van der Waals surface area (Å²) in [6, 6.07) is 8.16. The third kappa shape index (κ3) is 2.73. The zero-order valence-corrected chi connectivity index (χ0v) is 10.9. The van der Waals surface area contributed by atoms with Crippen molar-refractivity contribution in [1.82, 2.24) is 10.2 Å². The Morgan fingerprint density at radius 1 is 1.39 bits per heavy atom. The van der Waals surface area contributed by atoms with E-state index < -0.39 is 0 Å². The zero-order chi connectivity index (χ0) is 12.5. The molecule has 0 spiro atoms. The quantitative estimate of drug-likeness (QED) is 0.883. The highest BCUT2D eigenvalue weighted by Crippen LogP contribution is 2.34. The van der Waals surface area contributed by atoms with Gasteiger partial charge in [0.15, 0.2) is 0 Å². The predicted molar refractivity (Wildman–Crippen MR) is 70.8 cm³/mol. The largest absolute Gasteiger partial charge is 0.311 e. The van der Waals surface area contributed by atoms with Crippen LogP contribution in [0.3, 0.4) is 0 Å². The molecular weight excluding hydrogens is 227 g/mol. The van der Waals surface area contributed by atoms with Crippen molar-refractivity contribution in [3.8, 4) is 0 Å². The Kier molecular flexibility index (Phi) is 3.35. The molecule has 1 heterocycles. The summed E-state index contributed by atoms with van der Waals surface area (Å²) in [4.78, 5) is 2.48. The van der Waals surface area contributed by atoms with Crippen molar-refractivity contribution in [2.75, 3.05) is 13.1 Å². The van der Waals surface area contributed by atoms with Crippen molar-refractivity contribution in [2.45, 2.75) is 38.4 Å². The van der Waals surface area contributed by atoms with Crippen LogP contribution in [0.25, 0.3) is 0 Å². The van der Waals surface area contributed by atoms with E-state index in [0.29, 0.717) is 12.1 Å². The lowest BCUT2D eigenvalue weighted by Gasteiger charge is -2.39. The van der Waals surface area contributed by atoms with Gasteiger partial charge in [-0.25, -0.2) is 4.39 Å². The molecule has 18 heavy (non-hydrogen) atoms. The third-order valence-electron chi connectivity index (χ3n) is 4.20. The van der Waals surface area contributed by atoms with Crippen LogP contribution in [-0.2, 0) is 6.54 Å². The first-order valence-electron chi connectivity index (χ1n) is 6.94. The molecule has 2 aliphatic rings. The summed E-state index contributed by atoms with van der Waals surface area (Å²) < 4.78 is 13.2. The molecule has 1 N–H and O–H groups in total. The summed E-state index contributed by atoms with van der Waals surface area (Å²) in [5.74, 6) is 0.751. The maximum atomic E-state index is 13.2. The van der Waals surface area contributed by atoms with Crippen LogP contribution in [0.1, 0.15) is 25.3 Å². The van der Waals surface area contributed by atoms with Crippen LogP contribution in [0.4, 0.5) is 4.39 Å². The first-order chi connectivity index (χ1) is 8.72. The minimum atomic E-state index is -0.131. The van der Waals surface area contributed by atoms with E-state index in [2.05, 4.69) is 17.1 Å². The SMILES string of the molecule is CC1CNC(C2CC2)CN1Cc1cccc(F)c1. The Morgan fingerprint density at radius 2 is 2.22 bits per heavy atom. The smallest absolute Gasteiger partial charge is 0.123 e. The van der Waals surface area contributed by atoms with E-state index in [1.54, 1.807) is 12.1 Å². The van der Waals surface area contributed by atoms with Gasteiger partial charge in [0, 0.05) is 31.7 Å². The molecule has 0 bridgehead atoms. The Bertz CT molecular complexity index is 417. The van der Waals surface area contributed by atoms with E-state index in [1.165, 1.54) is 18.9 Å². The molecule has 1 aliphatic heterocycles. The average Bonchev–Trinajstić information content (AvgIpc) is 3.16. The third-order valence-corrected chi connectivity index (χ3v) is 4.20. The van der Waals surface area contributed by atoms with Crippen LogP contribution in [0, 0.1) is 11.7 Å². The lowest BCUT2D eigenvalue weighted by Crippen LogP contribution is -2.55. The van der Waals surface area contributed by atoms with E-state index in [0.717, 1.165) is 31.1 Å². The first kappa shape index (κ1) is 12.1. The second kappa shape index (κ2) is 4.98. The van der Waals surface area contributed by atoms with E-state index in [1.807, 2.05) is 6.07 Å². The van der Waals surface area contributed by atoms with Gasteiger partial charge >= 0.3 is 0 Å². The lowest BCUT2D eigenvalue weighted by molar-refractivity contribution is 0.125. The van der Waals surface area contributed by atoms with Gasteiger partial charge in [-0.3, -0.25) is 4.90 Å². The molecule has 1 aliphatic carbocycles. The summed E-state index contributed by atoms with van der Waals surface area (Å²) in [6.07, 6.45) is 2.75. The molecule has 1 aromatic rings. The minimum Gasteiger partial charge on any atom is -0.311 e. The number of halogens is 1. The average molecular weight is 248 g/mol. The van der Waals surface area contributed by atoms with Crippen molar-refractivity contribution >= 4 is 0 Å². The van der Waals surface area contributed by atoms with Crippen LogP contribution in [0.2, 0.25) is 0 Å². The first-order valence-corrected chi connectivity index (χ1v) is 6.94. The van der Waals surface area contributed by atoms with Gasteiger partial charge in [0.05, 0.1) is 0 Å². The molecule has 1 aromatic carbocycles. The molecule has 3 rings (SSSR count). The van der Waals surface area contributed by atoms with Crippen molar-refractivity contribution in [2.24, 2.45) is 5.92 Å². The maximum absolute atomic E-state index is 13.2. The normalized spacial score (nSPS) is 29.4. The Morgan fingerprint density at radius 3 is 2.94 bits per heavy atom. The van der Waals surface area contributed by atoms with Gasteiger partial charge in [-0.05, 0) is 43.4 Å². The van der Waals surface area contributed by atoms with Crippen LogP contribution in [0.15, 0.2) is 24.3 Å². The van der Waals surface area contributed by atoms with Crippen LogP contribution in [0.5, 0.6) is 0 Å². The number of rotatable bonds is 3. The number of piperazine rings is 1. The van der Waals surface area contributed by atoms with Crippen molar-refractivity contribution in [1.29, 1.82) is 0 Å². The molecule has 2 nitrogen and oxygen atoms in total. The molecule has 0 aromatic heterocycles. The highest BCUT2D eigenvalue weighted by molar-refractivity contribution is 5.16. The molecule has 1 saturated heterocycles. The molecule has 1 saturated carbocycles. The van der Waals surface area contributed by atoms with Crippen molar-refractivity contribution < 1.29 is 4.39 Å². The van der Waals surface area contributed by atoms with Crippen molar-refractivity contribution in [3.05, 3.63) is 35.6 Å². The van der Waals surface area contributed by atoms with Gasteiger partial charge in [-0.15, -0.1) is 0 Å². The predicted octanol–water partition coefficient (Wildman–Crippen LogP) is 2.40. The standard InChI is InChI=1S/C15H21FN2/c1-11-8-17-15(13-5-6-13)10-18(11)9-12-3-2-4-14(16)7-12/h2-4,7,11,13,15,17H,5-6,8-10H2,1H3. The highest BCUT2D eigenvalue weighted by Gasteiger charge is 2.35. The topological polar surface area (TPSA) is 15.3 Å². The van der Waals surface area contributed by atoms with Gasteiger partial charge in [0.2, 0.25) is 0 Å². The molecule has 2 fully saturated rings. The van der Waals surface area contributed by atoms with Gasteiger partial charge in [0.25, 0.3) is 0 Å². The molecule has 0 radical (unpaired) electrons. The number of hydrogen-bond donors (Lipinski definition) is 1. The Balaban J connectivity index is 1.66. The van der Waals surface area contributed by atoms with Crippen LogP contribution < -0.4 is 5.32 Å². The highest BCUT2D eigenvalue weighted by atomic mass is 19.1. The van der Waals surface area contributed by atoms with Gasteiger partial charge in [0.1, 0.15) is 5.82 Å². The summed E-state index contributed by atoms with van der Waals surface area (Å²) >= 11 is 0. The van der Waals surface area contributed by atoms with E-state index in [-0.39, 0.29) is 5.82 Å². The molecule has 3 heteroatoms. The monoisotopic (exact) mass is 248 g/mol. The fraction of sp³-hybridized carbons (Fsp3) is 0.600. The molecule has 2 unspecified atom stereocenters. The summed E-state index contributed by atoms with van der Waals surface area (Å²) in [7, 11) is 0. The lowest BCUT2D eigenvalue weighted by atomic mass is 10.0. The van der Waals surface area contributed by atoms with Crippen molar-refractivity contribution in [3.63, 3.8) is 0 Å². The Hall–Kier alpha value is -0.930. The van der Waals surface area contributed by atoms with E-state index >= 15 is 0 Å². The van der Waals surface area contributed by atoms with E-state index in [4.69, 9.17) is 0 Å². The fourth-order valence-corrected chi connectivity index (χ4v) is 2.85. The van der Waals surface area contributed by atoms with Gasteiger partial charge in [-0.2, -0.15) is 0 Å². The van der Waals surface area contributed by atoms with Gasteiger partial charge in [-0.1, -0.05) is 12.1 Å². The summed E-state index contributed by atoms with van der Waals surface area (Å²) in [5.41, 5.74) is 1.08. The molecular formula is C15H21FN2. The molecule has 98 valence electrons. The number of hydrogen-bond acceptors (Lipinski definition) is 2. The molecule has 0 amide bonds. The Labute approximate surface area is 108 Å². The summed E-state index contributed by atoms with van der Waals surface area (Å²) in [6.45, 7) is 5.26. The van der Waals surface area contributed by atoms with E-state index in [9.17, 15) is 4.39 Å². The summed E-state index contributed by atoms with van der Waals surface area (Å²) in [5, 5.41) is 3.64. The minimum absolute atomic E-state index is 0.131. The van der Waals surface area contributed by atoms with Crippen LogP contribution in [-0.4, -0.2) is 30.1 Å².